The molecular formula is C12H15NO5. The maximum absolute atomic E-state index is 11.8. The normalized spacial score (nSPS) is 11.5. The summed E-state index contributed by atoms with van der Waals surface area (Å²) in [4.78, 5) is 23.0. The fourth-order valence-electron chi connectivity index (χ4n) is 1.31. The first-order valence-corrected chi connectivity index (χ1v) is 5.26. The number of aliphatic hydroxyl groups excluding tert-OH is 1. The van der Waals surface area contributed by atoms with E-state index in [4.69, 9.17) is 9.84 Å². The van der Waals surface area contributed by atoms with E-state index in [0.29, 0.717) is 11.3 Å². The van der Waals surface area contributed by atoms with E-state index in [2.05, 4.69) is 10.1 Å². The molecule has 6 nitrogen and oxygen atoms in total. The van der Waals surface area contributed by atoms with Gasteiger partial charge >= 0.3 is 5.97 Å². The Labute approximate surface area is 105 Å². The summed E-state index contributed by atoms with van der Waals surface area (Å²) in [5.74, 6) is -0.542. The van der Waals surface area contributed by atoms with E-state index in [1.54, 1.807) is 24.3 Å². The molecule has 1 amide bonds. The SMILES string of the molecule is COC(=O)[C@@H](CO)NC(=O)c1ccc(OC)cc1. The Kier molecular flexibility index (Phi) is 5.13. The van der Waals surface area contributed by atoms with E-state index in [9.17, 15) is 9.59 Å². The highest BCUT2D eigenvalue weighted by atomic mass is 16.5. The third-order valence-corrected chi connectivity index (χ3v) is 2.33. The minimum Gasteiger partial charge on any atom is -0.497 e. The number of rotatable bonds is 5. The summed E-state index contributed by atoms with van der Waals surface area (Å²) in [7, 11) is 2.71. The number of methoxy groups -OCH3 is 2. The van der Waals surface area contributed by atoms with Gasteiger partial charge < -0.3 is 19.9 Å². The molecular weight excluding hydrogens is 238 g/mol. The summed E-state index contributed by atoms with van der Waals surface area (Å²) in [5, 5.41) is 11.3. The molecule has 1 rings (SSSR count). The largest absolute Gasteiger partial charge is 0.497 e. The van der Waals surface area contributed by atoms with Crippen molar-refractivity contribution >= 4 is 11.9 Å². The number of esters is 1. The first-order valence-electron chi connectivity index (χ1n) is 5.26. The van der Waals surface area contributed by atoms with Crippen LogP contribution < -0.4 is 10.1 Å². The predicted molar refractivity (Wildman–Crippen MR) is 63.4 cm³/mol. The van der Waals surface area contributed by atoms with Gasteiger partial charge in [-0.05, 0) is 24.3 Å². The van der Waals surface area contributed by atoms with E-state index in [1.807, 2.05) is 0 Å². The lowest BCUT2D eigenvalue weighted by Gasteiger charge is -2.13. The van der Waals surface area contributed by atoms with Crippen molar-refractivity contribution in [1.29, 1.82) is 0 Å². The second-order valence-corrected chi connectivity index (χ2v) is 3.46. The first kappa shape index (κ1) is 14.0. The number of amides is 1. The molecule has 0 unspecified atom stereocenters. The lowest BCUT2D eigenvalue weighted by atomic mass is 10.2. The van der Waals surface area contributed by atoms with Gasteiger partial charge in [0.15, 0.2) is 6.04 Å². The van der Waals surface area contributed by atoms with Crippen LogP contribution in [0, 0.1) is 0 Å². The van der Waals surface area contributed by atoms with Gasteiger partial charge in [0.1, 0.15) is 5.75 Å². The average molecular weight is 253 g/mol. The number of aliphatic hydroxyl groups is 1. The van der Waals surface area contributed by atoms with Crippen molar-refractivity contribution in [2.24, 2.45) is 0 Å². The molecule has 0 aliphatic rings. The third-order valence-electron chi connectivity index (χ3n) is 2.33. The molecule has 0 bridgehead atoms. The number of carbonyl (C=O) groups excluding carboxylic acids is 2. The molecule has 0 spiro atoms. The zero-order chi connectivity index (χ0) is 13.5. The van der Waals surface area contributed by atoms with Crippen LogP contribution >= 0.6 is 0 Å². The Morgan fingerprint density at radius 1 is 1.28 bits per heavy atom. The Hall–Kier alpha value is -2.08. The fraction of sp³-hybridized carbons (Fsp3) is 0.333. The number of carbonyl (C=O) groups is 2. The molecule has 0 saturated carbocycles. The molecule has 0 fully saturated rings. The molecule has 18 heavy (non-hydrogen) atoms. The van der Waals surface area contributed by atoms with Crippen LogP contribution in [0.15, 0.2) is 24.3 Å². The van der Waals surface area contributed by atoms with Gasteiger partial charge in [-0.3, -0.25) is 4.79 Å². The number of benzene rings is 1. The van der Waals surface area contributed by atoms with Crippen molar-refractivity contribution in [3.8, 4) is 5.75 Å². The van der Waals surface area contributed by atoms with Gasteiger partial charge in [0, 0.05) is 5.56 Å². The van der Waals surface area contributed by atoms with Crippen molar-refractivity contribution < 1.29 is 24.2 Å². The molecule has 0 aliphatic heterocycles. The second kappa shape index (κ2) is 6.61. The zero-order valence-electron chi connectivity index (χ0n) is 10.2. The van der Waals surface area contributed by atoms with Crippen LogP contribution in [0.3, 0.4) is 0 Å². The van der Waals surface area contributed by atoms with Gasteiger partial charge in [0.25, 0.3) is 5.91 Å². The maximum atomic E-state index is 11.8. The van der Waals surface area contributed by atoms with Crippen molar-refractivity contribution in [1.82, 2.24) is 5.32 Å². The molecule has 98 valence electrons. The van der Waals surface area contributed by atoms with Gasteiger partial charge in [-0.15, -0.1) is 0 Å². The third kappa shape index (κ3) is 3.46. The molecule has 0 aliphatic carbocycles. The van der Waals surface area contributed by atoms with Gasteiger partial charge in [0.2, 0.25) is 0 Å². The lowest BCUT2D eigenvalue weighted by Crippen LogP contribution is -2.44. The van der Waals surface area contributed by atoms with Crippen molar-refractivity contribution in [2.45, 2.75) is 6.04 Å². The molecule has 1 aromatic carbocycles. The Morgan fingerprint density at radius 3 is 2.33 bits per heavy atom. The van der Waals surface area contributed by atoms with Crippen molar-refractivity contribution in [3.05, 3.63) is 29.8 Å². The minimum absolute atomic E-state index is 0.359. The molecule has 0 aromatic heterocycles. The first-order chi connectivity index (χ1) is 8.62. The van der Waals surface area contributed by atoms with E-state index in [-0.39, 0.29) is 0 Å². The molecule has 1 aromatic rings. The number of nitrogens with one attached hydrogen (secondary N) is 1. The van der Waals surface area contributed by atoms with E-state index < -0.39 is 24.5 Å². The summed E-state index contributed by atoms with van der Waals surface area (Å²) in [6.07, 6.45) is 0. The average Bonchev–Trinajstić information content (AvgIpc) is 2.43. The summed E-state index contributed by atoms with van der Waals surface area (Å²) < 4.78 is 9.40. The van der Waals surface area contributed by atoms with Crippen LogP contribution in [0.4, 0.5) is 0 Å². The minimum atomic E-state index is -1.07. The second-order valence-electron chi connectivity index (χ2n) is 3.46. The zero-order valence-corrected chi connectivity index (χ0v) is 10.2. The highest BCUT2D eigenvalue weighted by Gasteiger charge is 2.20. The smallest absolute Gasteiger partial charge is 0.330 e. The van der Waals surface area contributed by atoms with Gasteiger partial charge in [-0.2, -0.15) is 0 Å². The van der Waals surface area contributed by atoms with Gasteiger partial charge in [0.05, 0.1) is 20.8 Å². The molecule has 0 radical (unpaired) electrons. The molecule has 2 N–H and O–H groups in total. The number of hydrogen-bond acceptors (Lipinski definition) is 5. The maximum Gasteiger partial charge on any atom is 0.330 e. The highest BCUT2D eigenvalue weighted by molar-refractivity contribution is 5.96. The summed E-state index contributed by atoms with van der Waals surface area (Å²) in [6, 6.07) is 5.30. The van der Waals surface area contributed by atoms with E-state index >= 15 is 0 Å². The van der Waals surface area contributed by atoms with Crippen molar-refractivity contribution in [3.63, 3.8) is 0 Å². The van der Waals surface area contributed by atoms with Crippen LogP contribution in [0.5, 0.6) is 5.75 Å². The van der Waals surface area contributed by atoms with Gasteiger partial charge in [-0.1, -0.05) is 0 Å². The van der Waals surface area contributed by atoms with E-state index in [0.717, 1.165) is 0 Å². The van der Waals surface area contributed by atoms with Crippen LogP contribution in [0.1, 0.15) is 10.4 Å². The fourth-order valence-corrected chi connectivity index (χ4v) is 1.31. The van der Waals surface area contributed by atoms with Crippen LogP contribution in [-0.4, -0.2) is 43.9 Å². The predicted octanol–water partition coefficient (Wildman–Crippen LogP) is -0.0411. The monoisotopic (exact) mass is 253 g/mol. The Bertz CT molecular complexity index is 415. The summed E-state index contributed by atoms with van der Waals surface area (Å²) >= 11 is 0. The lowest BCUT2D eigenvalue weighted by molar-refractivity contribution is -0.143. The molecule has 6 heteroatoms. The van der Waals surface area contributed by atoms with E-state index in [1.165, 1.54) is 14.2 Å². The Morgan fingerprint density at radius 2 is 1.89 bits per heavy atom. The van der Waals surface area contributed by atoms with Crippen LogP contribution in [-0.2, 0) is 9.53 Å². The van der Waals surface area contributed by atoms with Crippen LogP contribution in [0.2, 0.25) is 0 Å². The summed E-state index contributed by atoms with van der Waals surface area (Å²) in [6.45, 7) is -0.519. The number of hydrogen-bond donors (Lipinski definition) is 2. The quantitative estimate of drug-likeness (QED) is 0.719. The van der Waals surface area contributed by atoms with Crippen LogP contribution in [0.25, 0.3) is 0 Å². The van der Waals surface area contributed by atoms with Gasteiger partial charge in [-0.25, -0.2) is 4.79 Å². The summed E-state index contributed by atoms with van der Waals surface area (Å²) in [5.41, 5.74) is 0.359. The highest BCUT2D eigenvalue weighted by Crippen LogP contribution is 2.11. The Balaban J connectivity index is 2.71. The standard InChI is InChI=1S/C12H15NO5/c1-17-9-5-3-8(4-6-9)11(15)13-10(7-14)12(16)18-2/h3-6,10,14H,7H2,1-2H3,(H,13,15)/t10-/m1/s1. The number of ether oxygens (including phenoxy) is 2. The molecule has 1 atom stereocenters. The van der Waals surface area contributed by atoms with Crippen molar-refractivity contribution in [2.75, 3.05) is 20.8 Å². The topological polar surface area (TPSA) is 84.9 Å². The molecule has 0 heterocycles. The molecule has 0 saturated heterocycles.